The van der Waals surface area contributed by atoms with Gasteiger partial charge in [0.15, 0.2) is 0 Å². The summed E-state index contributed by atoms with van der Waals surface area (Å²) in [6.45, 7) is 7.34. The third kappa shape index (κ3) is 4.20. The zero-order valence-corrected chi connectivity index (χ0v) is 15.9. The van der Waals surface area contributed by atoms with Crippen LogP contribution in [0, 0.1) is 20.8 Å². The molecule has 134 valence electrons. The van der Waals surface area contributed by atoms with E-state index >= 15 is 0 Å². The third-order valence-electron chi connectivity index (χ3n) is 4.50. The van der Waals surface area contributed by atoms with E-state index in [4.69, 9.17) is 0 Å². The van der Waals surface area contributed by atoms with Crippen molar-refractivity contribution in [1.82, 2.24) is 14.5 Å². The van der Waals surface area contributed by atoms with Gasteiger partial charge < -0.3 is 9.47 Å². The molecule has 2 aromatic carbocycles. The van der Waals surface area contributed by atoms with Crippen LogP contribution in [0.2, 0.25) is 0 Å². The Labute approximate surface area is 155 Å². The maximum Gasteiger partial charge on any atom is 0.254 e. The van der Waals surface area contributed by atoms with Crippen molar-refractivity contribution in [3.05, 3.63) is 88.5 Å². The minimum absolute atomic E-state index is 0.0273. The average Bonchev–Trinajstić information content (AvgIpc) is 3.03. The van der Waals surface area contributed by atoms with Crippen LogP contribution in [0.15, 0.2) is 55.0 Å². The second kappa shape index (κ2) is 7.56. The maximum absolute atomic E-state index is 12.7. The molecule has 0 radical (unpaired) electrons. The van der Waals surface area contributed by atoms with Crippen LogP contribution in [0.1, 0.15) is 38.3 Å². The van der Waals surface area contributed by atoms with Gasteiger partial charge in [0.25, 0.3) is 5.91 Å². The summed E-state index contributed by atoms with van der Waals surface area (Å²) in [6, 6.07) is 14.4. The summed E-state index contributed by atoms with van der Waals surface area (Å²) in [5.41, 5.74) is 6.23. The highest BCUT2D eigenvalue weighted by molar-refractivity contribution is 5.95. The van der Waals surface area contributed by atoms with Crippen molar-refractivity contribution in [2.45, 2.75) is 33.9 Å². The number of rotatable bonds is 5. The van der Waals surface area contributed by atoms with Crippen LogP contribution in [0.5, 0.6) is 0 Å². The zero-order valence-electron chi connectivity index (χ0n) is 15.9. The molecule has 0 spiro atoms. The van der Waals surface area contributed by atoms with Gasteiger partial charge >= 0.3 is 0 Å². The molecule has 3 aromatic rings. The highest BCUT2D eigenvalue weighted by Crippen LogP contribution is 2.14. The second-order valence-corrected chi connectivity index (χ2v) is 7.01. The third-order valence-corrected chi connectivity index (χ3v) is 4.50. The highest BCUT2D eigenvalue weighted by Gasteiger charge is 2.15. The molecule has 3 rings (SSSR count). The Bertz CT molecular complexity index is 927. The first kappa shape index (κ1) is 17.9. The minimum atomic E-state index is 0.0273. The Morgan fingerprint density at radius 2 is 1.85 bits per heavy atom. The molecule has 0 unspecified atom stereocenters. The number of nitrogens with zero attached hydrogens (tertiary/aromatic N) is 3. The first-order chi connectivity index (χ1) is 12.4. The number of aromatic nitrogens is 2. The Kier molecular flexibility index (Phi) is 5.21. The van der Waals surface area contributed by atoms with E-state index in [1.807, 2.05) is 51.6 Å². The first-order valence-electron chi connectivity index (χ1n) is 8.81. The van der Waals surface area contributed by atoms with Gasteiger partial charge in [-0.05, 0) is 38.0 Å². The summed E-state index contributed by atoms with van der Waals surface area (Å²) >= 11 is 0. The molecule has 0 atom stereocenters. The maximum atomic E-state index is 12.7. The van der Waals surface area contributed by atoms with Gasteiger partial charge in [0.05, 0.1) is 18.6 Å². The molecule has 4 nitrogen and oxygen atoms in total. The Morgan fingerprint density at radius 3 is 2.62 bits per heavy atom. The van der Waals surface area contributed by atoms with E-state index in [-0.39, 0.29) is 5.91 Å². The van der Waals surface area contributed by atoms with Crippen LogP contribution in [-0.2, 0) is 13.1 Å². The lowest BCUT2D eigenvalue weighted by molar-refractivity contribution is 0.0782. The Hall–Kier alpha value is -2.88. The molecule has 0 aliphatic heterocycles. The van der Waals surface area contributed by atoms with Crippen molar-refractivity contribution in [3.8, 4) is 0 Å². The molecule has 0 N–H and O–H groups in total. The summed E-state index contributed by atoms with van der Waals surface area (Å²) in [6.07, 6.45) is 3.84. The number of hydrogen-bond acceptors (Lipinski definition) is 2. The monoisotopic (exact) mass is 347 g/mol. The lowest BCUT2D eigenvalue weighted by atomic mass is 10.0. The number of imidazole rings is 1. The molecule has 26 heavy (non-hydrogen) atoms. The van der Waals surface area contributed by atoms with E-state index in [0.29, 0.717) is 6.54 Å². The van der Waals surface area contributed by atoms with Crippen LogP contribution in [-0.4, -0.2) is 27.4 Å². The molecule has 0 aliphatic rings. The van der Waals surface area contributed by atoms with E-state index in [1.54, 1.807) is 4.90 Å². The van der Waals surface area contributed by atoms with E-state index in [0.717, 1.165) is 28.9 Å². The predicted molar refractivity (Wildman–Crippen MR) is 104 cm³/mol. The second-order valence-electron chi connectivity index (χ2n) is 7.01. The Balaban J connectivity index is 1.68. The molecule has 4 heteroatoms. The fraction of sp³-hybridized carbons (Fsp3) is 0.273. The van der Waals surface area contributed by atoms with Crippen molar-refractivity contribution in [2.24, 2.45) is 0 Å². The molecule has 0 bridgehead atoms. The summed E-state index contributed by atoms with van der Waals surface area (Å²) in [5, 5.41) is 0. The van der Waals surface area contributed by atoms with Gasteiger partial charge in [-0.25, -0.2) is 4.98 Å². The predicted octanol–water partition coefficient (Wildman–Crippen LogP) is 4.13. The van der Waals surface area contributed by atoms with Crippen LogP contribution in [0.3, 0.4) is 0 Å². The van der Waals surface area contributed by atoms with Gasteiger partial charge in [0, 0.05) is 25.4 Å². The number of carbonyl (C=O) groups excluding carboxylic acids is 1. The zero-order chi connectivity index (χ0) is 18.7. The van der Waals surface area contributed by atoms with Gasteiger partial charge in [0.1, 0.15) is 0 Å². The number of carbonyl (C=O) groups is 1. The fourth-order valence-corrected chi connectivity index (χ4v) is 3.08. The molecule has 0 saturated heterocycles. The number of aryl methyl sites for hydroxylation is 3. The number of benzene rings is 2. The van der Waals surface area contributed by atoms with Crippen molar-refractivity contribution in [2.75, 3.05) is 7.05 Å². The lowest BCUT2D eigenvalue weighted by Crippen LogP contribution is -2.27. The molecular weight excluding hydrogens is 322 g/mol. The summed E-state index contributed by atoms with van der Waals surface area (Å²) in [7, 11) is 1.82. The Morgan fingerprint density at radius 1 is 1.08 bits per heavy atom. The van der Waals surface area contributed by atoms with E-state index in [9.17, 15) is 4.79 Å². The molecule has 1 amide bonds. The van der Waals surface area contributed by atoms with Gasteiger partial charge in [-0.2, -0.15) is 0 Å². The SMILES string of the molecule is Cc1cccc(Cn2cnc(CN(C)C(=O)c3cc(C)ccc3C)c2)c1. The lowest BCUT2D eigenvalue weighted by Gasteiger charge is -2.17. The highest BCUT2D eigenvalue weighted by atomic mass is 16.2. The molecule has 0 fully saturated rings. The normalized spacial score (nSPS) is 10.8. The van der Waals surface area contributed by atoms with Crippen LogP contribution in [0.25, 0.3) is 0 Å². The van der Waals surface area contributed by atoms with Crippen molar-refractivity contribution >= 4 is 5.91 Å². The van der Waals surface area contributed by atoms with Crippen molar-refractivity contribution < 1.29 is 4.79 Å². The van der Waals surface area contributed by atoms with Gasteiger partial charge in [-0.15, -0.1) is 0 Å². The smallest absolute Gasteiger partial charge is 0.254 e. The van der Waals surface area contributed by atoms with Crippen molar-refractivity contribution in [3.63, 3.8) is 0 Å². The standard InChI is InChI=1S/C22H25N3O/c1-16-6-5-7-19(10-16)12-25-14-20(23-15-25)13-24(4)22(26)21-11-17(2)8-9-18(21)3/h5-11,14-15H,12-13H2,1-4H3. The van der Waals surface area contributed by atoms with Gasteiger partial charge in [-0.1, -0.05) is 47.5 Å². The molecule has 1 aromatic heterocycles. The van der Waals surface area contributed by atoms with Gasteiger partial charge in [0.2, 0.25) is 0 Å². The van der Waals surface area contributed by atoms with E-state index in [2.05, 4.69) is 40.7 Å². The largest absolute Gasteiger partial charge is 0.336 e. The minimum Gasteiger partial charge on any atom is -0.336 e. The summed E-state index contributed by atoms with van der Waals surface area (Å²) in [4.78, 5) is 18.9. The molecular formula is C22H25N3O. The van der Waals surface area contributed by atoms with Crippen LogP contribution < -0.4 is 0 Å². The molecule has 1 heterocycles. The summed E-state index contributed by atoms with van der Waals surface area (Å²) < 4.78 is 2.06. The summed E-state index contributed by atoms with van der Waals surface area (Å²) in [5.74, 6) is 0.0273. The fourth-order valence-electron chi connectivity index (χ4n) is 3.08. The first-order valence-corrected chi connectivity index (χ1v) is 8.81. The van der Waals surface area contributed by atoms with Crippen LogP contribution in [0.4, 0.5) is 0 Å². The average molecular weight is 347 g/mol. The van der Waals surface area contributed by atoms with Gasteiger partial charge in [-0.3, -0.25) is 4.79 Å². The van der Waals surface area contributed by atoms with E-state index in [1.165, 1.54) is 11.1 Å². The molecule has 0 saturated carbocycles. The quantitative estimate of drug-likeness (QED) is 0.696. The topological polar surface area (TPSA) is 38.1 Å². The number of amides is 1. The van der Waals surface area contributed by atoms with Crippen molar-refractivity contribution in [1.29, 1.82) is 0 Å². The molecule has 0 aliphatic carbocycles. The van der Waals surface area contributed by atoms with Crippen LogP contribution >= 0.6 is 0 Å². The number of hydrogen-bond donors (Lipinski definition) is 0. The van der Waals surface area contributed by atoms with E-state index < -0.39 is 0 Å².